The van der Waals surface area contributed by atoms with Gasteiger partial charge in [0, 0.05) is 30.0 Å². The van der Waals surface area contributed by atoms with Crippen molar-refractivity contribution in [2.75, 3.05) is 19.7 Å². The molecule has 0 spiro atoms. The highest BCUT2D eigenvalue weighted by molar-refractivity contribution is 9.10. The molecule has 1 heterocycles. The molecule has 3 rings (SSSR count). The van der Waals surface area contributed by atoms with Gasteiger partial charge in [0.05, 0.1) is 0 Å². The third-order valence-electron chi connectivity index (χ3n) is 4.87. The molecular weight excluding hydrogens is 420 g/mol. The standard InChI is InChI=1S/C22H25BrN2O3/c23-18-7-9-20(10-8-18)28-16-22(27)25-14-12-19(13-15-25)24-21(26)11-6-17-4-2-1-3-5-17/h1-5,7-10,19H,6,11-16H2,(H,24,26). The second-order valence-corrected chi connectivity index (χ2v) is 7.87. The molecule has 2 aromatic carbocycles. The van der Waals surface area contributed by atoms with Gasteiger partial charge in [-0.05, 0) is 49.1 Å². The largest absolute Gasteiger partial charge is 0.484 e. The number of nitrogens with zero attached hydrogens (tertiary/aromatic N) is 1. The lowest BCUT2D eigenvalue weighted by Crippen LogP contribution is -2.47. The van der Waals surface area contributed by atoms with Crippen molar-refractivity contribution < 1.29 is 14.3 Å². The van der Waals surface area contributed by atoms with Gasteiger partial charge in [-0.1, -0.05) is 46.3 Å². The van der Waals surface area contributed by atoms with Crippen LogP contribution in [0.3, 0.4) is 0 Å². The number of nitrogens with one attached hydrogen (secondary N) is 1. The van der Waals surface area contributed by atoms with Crippen LogP contribution in [0.1, 0.15) is 24.8 Å². The summed E-state index contributed by atoms with van der Waals surface area (Å²) in [7, 11) is 0. The first-order valence-electron chi connectivity index (χ1n) is 9.59. The second kappa shape index (κ2) is 10.3. The number of piperidine rings is 1. The molecule has 0 unspecified atom stereocenters. The smallest absolute Gasteiger partial charge is 0.260 e. The number of hydrogen-bond acceptors (Lipinski definition) is 3. The third kappa shape index (κ3) is 6.37. The zero-order chi connectivity index (χ0) is 19.8. The maximum atomic E-state index is 12.3. The Bertz CT molecular complexity index is 772. The lowest BCUT2D eigenvalue weighted by molar-refractivity contribution is -0.134. The lowest BCUT2D eigenvalue weighted by Gasteiger charge is -2.32. The number of benzene rings is 2. The van der Waals surface area contributed by atoms with E-state index in [1.807, 2.05) is 59.5 Å². The Morgan fingerprint density at radius 3 is 2.39 bits per heavy atom. The predicted octanol–water partition coefficient (Wildman–Crippen LogP) is 3.57. The second-order valence-electron chi connectivity index (χ2n) is 6.95. The summed E-state index contributed by atoms with van der Waals surface area (Å²) in [6.45, 7) is 1.33. The maximum absolute atomic E-state index is 12.3. The summed E-state index contributed by atoms with van der Waals surface area (Å²) in [5.74, 6) is 0.737. The number of likely N-dealkylation sites (tertiary alicyclic amines) is 1. The van der Waals surface area contributed by atoms with Crippen LogP contribution in [0.2, 0.25) is 0 Å². The molecule has 0 bridgehead atoms. The number of carbonyl (C=O) groups excluding carboxylic acids is 2. The Morgan fingerprint density at radius 2 is 1.71 bits per heavy atom. The molecular formula is C22H25BrN2O3. The van der Waals surface area contributed by atoms with Crippen molar-refractivity contribution in [2.24, 2.45) is 0 Å². The van der Waals surface area contributed by atoms with Gasteiger partial charge in [0.1, 0.15) is 5.75 Å². The number of hydrogen-bond donors (Lipinski definition) is 1. The molecule has 0 saturated carbocycles. The molecule has 0 atom stereocenters. The van der Waals surface area contributed by atoms with Gasteiger partial charge in [0.2, 0.25) is 5.91 Å². The monoisotopic (exact) mass is 444 g/mol. The predicted molar refractivity (Wildman–Crippen MR) is 112 cm³/mol. The van der Waals surface area contributed by atoms with Crippen molar-refractivity contribution in [1.82, 2.24) is 10.2 Å². The summed E-state index contributed by atoms with van der Waals surface area (Å²) >= 11 is 3.37. The molecule has 148 valence electrons. The average molecular weight is 445 g/mol. The van der Waals surface area contributed by atoms with E-state index in [2.05, 4.69) is 21.2 Å². The number of carbonyl (C=O) groups is 2. The van der Waals surface area contributed by atoms with Crippen LogP contribution >= 0.6 is 15.9 Å². The van der Waals surface area contributed by atoms with E-state index in [0.29, 0.717) is 25.3 Å². The number of ether oxygens (including phenoxy) is 1. The van der Waals surface area contributed by atoms with Crippen molar-refractivity contribution in [3.63, 3.8) is 0 Å². The molecule has 2 aromatic rings. The van der Waals surface area contributed by atoms with E-state index in [1.165, 1.54) is 5.56 Å². The molecule has 1 fully saturated rings. The molecule has 6 heteroatoms. The lowest BCUT2D eigenvalue weighted by atomic mass is 10.0. The molecule has 5 nitrogen and oxygen atoms in total. The molecule has 1 saturated heterocycles. The zero-order valence-corrected chi connectivity index (χ0v) is 17.4. The molecule has 1 N–H and O–H groups in total. The molecule has 1 aliphatic heterocycles. The summed E-state index contributed by atoms with van der Waals surface area (Å²) in [5, 5.41) is 3.10. The highest BCUT2D eigenvalue weighted by Crippen LogP contribution is 2.17. The Hall–Kier alpha value is -2.34. The van der Waals surface area contributed by atoms with E-state index in [0.717, 1.165) is 23.7 Å². The van der Waals surface area contributed by atoms with E-state index < -0.39 is 0 Å². The van der Waals surface area contributed by atoms with Gasteiger partial charge in [0.15, 0.2) is 6.61 Å². The number of aryl methyl sites for hydroxylation is 1. The Labute approximate surface area is 174 Å². The summed E-state index contributed by atoms with van der Waals surface area (Å²) in [5.41, 5.74) is 1.17. The van der Waals surface area contributed by atoms with E-state index in [-0.39, 0.29) is 24.5 Å². The van der Waals surface area contributed by atoms with Gasteiger partial charge in [-0.2, -0.15) is 0 Å². The fourth-order valence-electron chi connectivity index (χ4n) is 3.24. The van der Waals surface area contributed by atoms with Gasteiger partial charge in [-0.15, -0.1) is 0 Å². The quantitative estimate of drug-likeness (QED) is 0.709. The first-order chi connectivity index (χ1) is 13.6. The van der Waals surface area contributed by atoms with Crippen molar-refractivity contribution in [2.45, 2.75) is 31.7 Å². The van der Waals surface area contributed by atoms with Gasteiger partial charge >= 0.3 is 0 Å². The van der Waals surface area contributed by atoms with Gasteiger partial charge in [-0.25, -0.2) is 0 Å². The summed E-state index contributed by atoms with van der Waals surface area (Å²) in [6.07, 6.45) is 2.80. The Balaban J connectivity index is 1.34. The number of amides is 2. The van der Waals surface area contributed by atoms with Crippen LogP contribution in [0.5, 0.6) is 5.75 Å². The van der Waals surface area contributed by atoms with Gasteiger partial charge < -0.3 is 15.0 Å². The molecule has 0 radical (unpaired) electrons. The molecule has 2 amide bonds. The molecule has 28 heavy (non-hydrogen) atoms. The van der Waals surface area contributed by atoms with Crippen LogP contribution in [0.4, 0.5) is 0 Å². The highest BCUT2D eigenvalue weighted by Gasteiger charge is 2.24. The van der Waals surface area contributed by atoms with E-state index >= 15 is 0 Å². The Kier molecular flexibility index (Phi) is 7.48. The van der Waals surface area contributed by atoms with Crippen LogP contribution < -0.4 is 10.1 Å². The molecule has 1 aliphatic rings. The minimum atomic E-state index is -0.0169. The minimum absolute atomic E-state index is 0.0169. The number of halogens is 1. The molecule has 0 aromatic heterocycles. The maximum Gasteiger partial charge on any atom is 0.260 e. The van der Waals surface area contributed by atoms with E-state index in [4.69, 9.17) is 4.74 Å². The van der Waals surface area contributed by atoms with Gasteiger partial charge in [-0.3, -0.25) is 9.59 Å². The van der Waals surface area contributed by atoms with E-state index in [1.54, 1.807) is 0 Å². The number of rotatable bonds is 7. The van der Waals surface area contributed by atoms with Crippen molar-refractivity contribution in [3.05, 3.63) is 64.6 Å². The van der Waals surface area contributed by atoms with Crippen LogP contribution in [-0.4, -0.2) is 42.5 Å². The van der Waals surface area contributed by atoms with Crippen molar-refractivity contribution >= 4 is 27.7 Å². The summed E-state index contributed by atoms with van der Waals surface area (Å²) in [6, 6.07) is 17.6. The average Bonchev–Trinajstić information content (AvgIpc) is 2.73. The fourth-order valence-corrected chi connectivity index (χ4v) is 3.51. The Morgan fingerprint density at radius 1 is 1.04 bits per heavy atom. The first-order valence-corrected chi connectivity index (χ1v) is 10.4. The summed E-state index contributed by atoms with van der Waals surface area (Å²) < 4.78 is 6.53. The first kappa shape index (κ1) is 20.4. The third-order valence-corrected chi connectivity index (χ3v) is 5.40. The fraction of sp³-hybridized carbons (Fsp3) is 0.364. The SMILES string of the molecule is O=C(CCc1ccccc1)NC1CCN(C(=O)COc2ccc(Br)cc2)CC1. The van der Waals surface area contributed by atoms with Gasteiger partial charge in [0.25, 0.3) is 5.91 Å². The van der Waals surface area contributed by atoms with Crippen LogP contribution in [0.15, 0.2) is 59.1 Å². The summed E-state index contributed by atoms with van der Waals surface area (Å²) in [4.78, 5) is 26.3. The van der Waals surface area contributed by atoms with Crippen LogP contribution in [-0.2, 0) is 16.0 Å². The zero-order valence-electron chi connectivity index (χ0n) is 15.8. The van der Waals surface area contributed by atoms with Crippen LogP contribution in [0, 0.1) is 0 Å². The minimum Gasteiger partial charge on any atom is -0.484 e. The van der Waals surface area contributed by atoms with Crippen molar-refractivity contribution in [3.8, 4) is 5.75 Å². The van der Waals surface area contributed by atoms with Crippen LogP contribution in [0.25, 0.3) is 0 Å². The topological polar surface area (TPSA) is 58.6 Å². The van der Waals surface area contributed by atoms with Crippen molar-refractivity contribution in [1.29, 1.82) is 0 Å². The highest BCUT2D eigenvalue weighted by atomic mass is 79.9. The van der Waals surface area contributed by atoms with E-state index in [9.17, 15) is 9.59 Å². The molecule has 0 aliphatic carbocycles. The normalized spacial score (nSPS) is 14.5.